The van der Waals surface area contributed by atoms with Gasteiger partial charge in [0.05, 0.1) is 5.69 Å². The van der Waals surface area contributed by atoms with Crippen molar-refractivity contribution < 1.29 is 18.0 Å². The summed E-state index contributed by atoms with van der Waals surface area (Å²) in [4.78, 5) is 16.2. The molecule has 1 aromatic rings. The number of alkyl halides is 4. The van der Waals surface area contributed by atoms with Gasteiger partial charge in [-0.15, -0.1) is 0 Å². The molecule has 8 heteroatoms. The van der Waals surface area contributed by atoms with E-state index in [0.717, 1.165) is 6.07 Å². The Morgan fingerprint density at radius 2 is 2.11 bits per heavy atom. The summed E-state index contributed by atoms with van der Waals surface area (Å²) in [6, 6.07) is 1.98. The first-order valence-electron chi connectivity index (χ1n) is 4.97. The van der Waals surface area contributed by atoms with Gasteiger partial charge in [0.15, 0.2) is 5.15 Å². The third-order valence-electron chi connectivity index (χ3n) is 2.49. The van der Waals surface area contributed by atoms with Gasteiger partial charge in [-0.05, 0) is 12.1 Å². The van der Waals surface area contributed by atoms with Gasteiger partial charge in [-0.25, -0.2) is 4.98 Å². The molecule has 18 heavy (non-hydrogen) atoms. The molecule has 0 N–H and O–H groups in total. The van der Waals surface area contributed by atoms with Gasteiger partial charge in [-0.2, -0.15) is 13.2 Å². The highest BCUT2D eigenvalue weighted by molar-refractivity contribution is 9.09. The Morgan fingerprint density at radius 3 is 2.56 bits per heavy atom. The highest BCUT2D eigenvalue weighted by Crippen LogP contribution is 2.34. The van der Waals surface area contributed by atoms with Crippen LogP contribution in [0.15, 0.2) is 12.1 Å². The van der Waals surface area contributed by atoms with Crippen LogP contribution in [0.1, 0.15) is 12.1 Å². The molecule has 1 atom stereocenters. The van der Waals surface area contributed by atoms with Crippen LogP contribution in [0.2, 0.25) is 5.15 Å². The first-order valence-corrected chi connectivity index (χ1v) is 6.26. The normalized spacial score (nSPS) is 20.6. The maximum Gasteiger partial charge on any atom is 0.433 e. The van der Waals surface area contributed by atoms with Crippen molar-refractivity contribution >= 4 is 39.1 Å². The van der Waals surface area contributed by atoms with E-state index >= 15 is 0 Å². The fraction of sp³-hybridized carbons (Fsp3) is 0.400. The minimum absolute atomic E-state index is 0.0247. The lowest BCUT2D eigenvalue weighted by Crippen LogP contribution is -2.25. The molecule has 0 radical (unpaired) electrons. The molecule has 1 fully saturated rings. The van der Waals surface area contributed by atoms with Crippen LogP contribution < -0.4 is 4.90 Å². The van der Waals surface area contributed by atoms with Crippen molar-refractivity contribution in [2.75, 3.05) is 11.4 Å². The third kappa shape index (κ3) is 2.61. The quantitative estimate of drug-likeness (QED) is 0.579. The lowest BCUT2D eigenvalue weighted by molar-refractivity contribution is -0.141. The standard InChI is InChI=1S/C10H7BrClF3N2O/c11-5-3-8(18)17(4-5)6-1-2-7(10(13,14)15)16-9(6)12/h1-2,5H,3-4H2. The molecule has 0 aromatic carbocycles. The Labute approximate surface area is 114 Å². The van der Waals surface area contributed by atoms with E-state index in [4.69, 9.17) is 11.6 Å². The second kappa shape index (κ2) is 4.70. The topological polar surface area (TPSA) is 33.2 Å². The van der Waals surface area contributed by atoms with Crippen LogP contribution >= 0.6 is 27.5 Å². The first-order chi connectivity index (χ1) is 8.29. The fourth-order valence-corrected chi connectivity index (χ4v) is 2.51. The van der Waals surface area contributed by atoms with Gasteiger partial charge in [0.1, 0.15) is 5.69 Å². The molecule has 1 aromatic heterocycles. The molecular formula is C10H7BrClF3N2O. The number of hydrogen-bond acceptors (Lipinski definition) is 2. The molecule has 1 saturated heterocycles. The van der Waals surface area contributed by atoms with E-state index in [1.165, 1.54) is 11.0 Å². The van der Waals surface area contributed by atoms with E-state index in [1.54, 1.807) is 0 Å². The van der Waals surface area contributed by atoms with Gasteiger partial charge < -0.3 is 4.90 Å². The van der Waals surface area contributed by atoms with Crippen LogP contribution in [-0.4, -0.2) is 22.3 Å². The third-order valence-corrected chi connectivity index (χ3v) is 3.38. The van der Waals surface area contributed by atoms with Crippen molar-refractivity contribution in [1.29, 1.82) is 0 Å². The summed E-state index contributed by atoms with van der Waals surface area (Å²) in [7, 11) is 0. The Hall–Kier alpha value is -0.820. The summed E-state index contributed by atoms with van der Waals surface area (Å²) >= 11 is 8.99. The lowest BCUT2D eigenvalue weighted by atomic mass is 10.3. The molecule has 1 aliphatic heterocycles. The zero-order valence-electron chi connectivity index (χ0n) is 8.84. The van der Waals surface area contributed by atoms with Crippen LogP contribution in [0.5, 0.6) is 0 Å². The van der Waals surface area contributed by atoms with Gasteiger partial charge in [0.2, 0.25) is 5.91 Å². The summed E-state index contributed by atoms with van der Waals surface area (Å²) < 4.78 is 37.2. The average molecular weight is 344 g/mol. The highest BCUT2D eigenvalue weighted by Gasteiger charge is 2.35. The average Bonchev–Trinajstić information content (AvgIpc) is 2.56. The van der Waals surface area contributed by atoms with Crippen LogP contribution in [-0.2, 0) is 11.0 Å². The largest absolute Gasteiger partial charge is 0.433 e. The second-order valence-corrected chi connectivity index (χ2v) is 5.46. The van der Waals surface area contributed by atoms with Gasteiger partial charge in [0, 0.05) is 17.8 Å². The van der Waals surface area contributed by atoms with Crippen LogP contribution in [0.25, 0.3) is 0 Å². The molecule has 1 aliphatic rings. The van der Waals surface area contributed by atoms with E-state index in [-0.39, 0.29) is 28.0 Å². The molecular weight excluding hydrogens is 336 g/mol. The second-order valence-electron chi connectivity index (χ2n) is 3.81. The van der Waals surface area contributed by atoms with Crippen molar-refractivity contribution in [2.24, 2.45) is 0 Å². The molecule has 0 spiro atoms. The minimum atomic E-state index is -4.55. The molecule has 0 aliphatic carbocycles. The van der Waals surface area contributed by atoms with Gasteiger partial charge >= 0.3 is 6.18 Å². The molecule has 0 saturated carbocycles. The Kier molecular flexibility index (Phi) is 3.55. The number of anilines is 1. The molecule has 98 valence electrons. The van der Waals surface area contributed by atoms with Gasteiger partial charge in [-0.3, -0.25) is 4.79 Å². The molecule has 3 nitrogen and oxygen atoms in total. The number of hydrogen-bond donors (Lipinski definition) is 0. The van der Waals surface area contributed by atoms with Gasteiger partial charge in [-0.1, -0.05) is 27.5 Å². The zero-order chi connectivity index (χ0) is 13.5. The number of carbonyl (C=O) groups is 1. The number of amides is 1. The maximum absolute atomic E-state index is 12.4. The number of aromatic nitrogens is 1. The molecule has 0 bridgehead atoms. The molecule has 1 amide bonds. The van der Waals surface area contributed by atoms with Crippen LogP contribution in [0.3, 0.4) is 0 Å². The highest BCUT2D eigenvalue weighted by atomic mass is 79.9. The number of halogens is 5. The van der Waals surface area contributed by atoms with E-state index in [1.807, 2.05) is 0 Å². The van der Waals surface area contributed by atoms with E-state index in [2.05, 4.69) is 20.9 Å². The summed E-state index contributed by atoms with van der Waals surface area (Å²) in [6.07, 6.45) is -4.26. The van der Waals surface area contributed by atoms with Crippen molar-refractivity contribution in [2.45, 2.75) is 17.4 Å². The summed E-state index contributed by atoms with van der Waals surface area (Å²) in [5.41, 5.74) is -0.866. The molecule has 1 unspecified atom stereocenters. The van der Waals surface area contributed by atoms with E-state index in [0.29, 0.717) is 6.54 Å². The molecule has 2 heterocycles. The van der Waals surface area contributed by atoms with Crippen molar-refractivity contribution in [1.82, 2.24) is 4.98 Å². The predicted octanol–water partition coefficient (Wildman–Crippen LogP) is 3.25. The first kappa shape index (κ1) is 13.6. The lowest BCUT2D eigenvalue weighted by Gasteiger charge is -2.17. The summed E-state index contributed by atoms with van der Waals surface area (Å²) in [5.74, 6) is -0.194. The number of nitrogens with zero attached hydrogens (tertiary/aromatic N) is 2. The van der Waals surface area contributed by atoms with E-state index in [9.17, 15) is 18.0 Å². The number of carbonyl (C=O) groups excluding carboxylic acids is 1. The van der Waals surface area contributed by atoms with Gasteiger partial charge in [0.25, 0.3) is 0 Å². The monoisotopic (exact) mass is 342 g/mol. The number of rotatable bonds is 1. The summed E-state index contributed by atoms with van der Waals surface area (Å²) in [5, 5.41) is -0.320. The van der Waals surface area contributed by atoms with Crippen LogP contribution in [0.4, 0.5) is 18.9 Å². The summed E-state index contributed by atoms with van der Waals surface area (Å²) in [6.45, 7) is 0.367. The zero-order valence-corrected chi connectivity index (χ0v) is 11.2. The maximum atomic E-state index is 12.4. The molecule has 2 rings (SSSR count). The fourth-order valence-electron chi connectivity index (χ4n) is 1.68. The minimum Gasteiger partial charge on any atom is -0.308 e. The van der Waals surface area contributed by atoms with Crippen molar-refractivity contribution in [3.8, 4) is 0 Å². The predicted molar refractivity (Wildman–Crippen MR) is 63.9 cm³/mol. The number of pyridine rings is 1. The Bertz CT molecular complexity index is 495. The van der Waals surface area contributed by atoms with Crippen molar-refractivity contribution in [3.05, 3.63) is 23.0 Å². The Balaban J connectivity index is 2.34. The smallest absolute Gasteiger partial charge is 0.308 e. The van der Waals surface area contributed by atoms with E-state index < -0.39 is 11.9 Å². The van der Waals surface area contributed by atoms with Crippen molar-refractivity contribution in [3.63, 3.8) is 0 Å². The van der Waals surface area contributed by atoms with Crippen LogP contribution in [0, 0.1) is 0 Å². The Morgan fingerprint density at radius 1 is 1.44 bits per heavy atom. The SMILES string of the molecule is O=C1CC(Br)CN1c1ccc(C(F)(F)F)nc1Cl.